The third-order valence-electron chi connectivity index (χ3n) is 7.02. The first-order chi connectivity index (χ1) is 18.3. The minimum Gasteiger partial charge on any atom is -0.496 e. The number of hydrogen-bond acceptors (Lipinski definition) is 6. The standard InChI is InChI=1S/C31H37N3O4/c1-6-33(7-2)25-18-24(27(37-5)19-26(25)34(8-3)15-9-10-30(35)36)31-22-13-11-20(4)16-28(22)38-29-17-21(32)12-14-23(29)31/h11-14,16-19H,4,6-10,15,32H2,1-3,5H3,(H,35,36). The lowest BCUT2D eigenvalue weighted by Crippen LogP contribution is -2.30. The Bertz CT molecular complexity index is 1450. The number of carboxylic acid groups (broad SMARTS) is 1. The van der Waals surface area contributed by atoms with Crippen molar-refractivity contribution in [2.24, 2.45) is 0 Å². The molecule has 0 bridgehead atoms. The molecule has 1 heterocycles. The van der Waals surface area contributed by atoms with Crippen molar-refractivity contribution in [1.82, 2.24) is 0 Å². The number of rotatable bonds is 11. The molecule has 0 spiro atoms. The fraction of sp³-hybridized carbons (Fsp3) is 0.323. The summed E-state index contributed by atoms with van der Waals surface area (Å²) in [5.41, 5.74) is 11.8. The highest BCUT2D eigenvalue weighted by Gasteiger charge is 2.26. The van der Waals surface area contributed by atoms with Gasteiger partial charge < -0.3 is 30.1 Å². The second-order valence-electron chi connectivity index (χ2n) is 9.35. The smallest absolute Gasteiger partial charge is 0.303 e. The molecule has 1 aliphatic rings. The van der Waals surface area contributed by atoms with Gasteiger partial charge >= 0.3 is 5.97 Å². The van der Waals surface area contributed by atoms with Crippen LogP contribution in [0.1, 0.15) is 44.7 Å². The first-order valence-corrected chi connectivity index (χ1v) is 13.2. The number of nitrogens with zero attached hydrogens (tertiary/aromatic N) is 2. The topological polar surface area (TPSA) is 88.3 Å². The van der Waals surface area contributed by atoms with E-state index in [9.17, 15) is 9.90 Å². The molecule has 3 N–H and O–H groups in total. The number of methoxy groups -OCH3 is 1. The van der Waals surface area contributed by atoms with Crippen LogP contribution in [0, 0.1) is 0 Å². The highest BCUT2D eigenvalue weighted by molar-refractivity contribution is 5.91. The monoisotopic (exact) mass is 515 g/mol. The Kier molecular flexibility index (Phi) is 8.15. The van der Waals surface area contributed by atoms with Crippen LogP contribution in [-0.4, -0.2) is 44.4 Å². The molecule has 0 radical (unpaired) electrons. The molecular formula is C31H37N3O4. The second kappa shape index (κ2) is 11.5. The van der Waals surface area contributed by atoms with Crippen molar-refractivity contribution < 1.29 is 19.4 Å². The lowest BCUT2D eigenvalue weighted by molar-refractivity contribution is -0.137. The first kappa shape index (κ1) is 26.9. The normalized spacial score (nSPS) is 11.8. The molecule has 38 heavy (non-hydrogen) atoms. The molecule has 0 aliphatic carbocycles. The van der Waals surface area contributed by atoms with Crippen LogP contribution in [0.3, 0.4) is 0 Å². The van der Waals surface area contributed by atoms with E-state index in [1.165, 1.54) is 0 Å². The van der Waals surface area contributed by atoms with Crippen LogP contribution in [0.15, 0.2) is 48.5 Å². The van der Waals surface area contributed by atoms with Gasteiger partial charge in [0.25, 0.3) is 0 Å². The molecule has 3 aromatic carbocycles. The van der Waals surface area contributed by atoms with Crippen LogP contribution in [0.5, 0.6) is 17.2 Å². The van der Waals surface area contributed by atoms with Gasteiger partial charge in [-0.15, -0.1) is 0 Å². The first-order valence-electron chi connectivity index (χ1n) is 13.2. The minimum absolute atomic E-state index is 0.134. The summed E-state index contributed by atoms with van der Waals surface area (Å²) in [4.78, 5) is 15.7. The number of aliphatic carboxylic acids is 1. The van der Waals surface area contributed by atoms with E-state index < -0.39 is 5.97 Å². The van der Waals surface area contributed by atoms with Gasteiger partial charge in [0.15, 0.2) is 0 Å². The van der Waals surface area contributed by atoms with Crippen molar-refractivity contribution in [1.29, 1.82) is 0 Å². The Morgan fingerprint density at radius 2 is 1.66 bits per heavy atom. The minimum atomic E-state index is -0.780. The van der Waals surface area contributed by atoms with Gasteiger partial charge in [0.05, 0.1) is 18.5 Å². The molecule has 3 aromatic rings. The van der Waals surface area contributed by atoms with Crippen LogP contribution in [0.25, 0.3) is 12.2 Å². The molecular weight excluding hydrogens is 478 g/mol. The van der Waals surface area contributed by atoms with E-state index in [-0.39, 0.29) is 6.42 Å². The number of carbonyl (C=O) groups is 1. The third-order valence-corrected chi connectivity index (χ3v) is 7.02. The molecule has 4 rings (SSSR count). The zero-order valence-corrected chi connectivity index (χ0v) is 22.7. The fourth-order valence-corrected chi connectivity index (χ4v) is 5.10. The summed E-state index contributed by atoms with van der Waals surface area (Å²) in [7, 11) is 1.68. The van der Waals surface area contributed by atoms with E-state index in [1.807, 2.05) is 36.4 Å². The molecule has 0 atom stereocenters. The maximum absolute atomic E-state index is 11.2. The van der Waals surface area contributed by atoms with Crippen molar-refractivity contribution in [3.8, 4) is 17.2 Å². The molecule has 0 saturated heterocycles. The van der Waals surface area contributed by atoms with Crippen molar-refractivity contribution in [3.63, 3.8) is 0 Å². The molecule has 200 valence electrons. The number of hydrogen-bond donors (Lipinski definition) is 2. The van der Waals surface area contributed by atoms with Crippen molar-refractivity contribution >= 4 is 35.2 Å². The molecule has 0 fully saturated rings. The van der Waals surface area contributed by atoms with E-state index in [4.69, 9.17) is 15.2 Å². The summed E-state index contributed by atoms with van der Waals surface area (Å²) in [5, 5.41) is 11.0. The fourth-order valence-electron chi connectivity index (χ4n) is 5.10. The van der Waals surface area contributed by atoms with Crippen LogP contribution in [-0.2, 0) is 4.79 Å². The van der Waals surface area contributed by atoms with Gasteiger partial charge in [-0.2, -0.15) is 0 Å². The Morgan fingerprint density at radius 3 is 2.32 bits per heavy atom. The van der Waals surface area contributed by atoms with Gasteiger partial charge in [-0.05, 0) is 56.7 Å². The van der Waals surface area contributed by atoms with Gasteiger partial charge in [0, 0.05) is 72.3 Å². The van der Waals surface area contributed by atoms with Gasteiger partial charge in [0.2, 0.25) is 0 Å². The predicted octanol–water partition coefficient (Wildman–Crippen LogP) is 4.58. The van der Waals surface area contributed by atoms with Crippen molar-refractivity contribution in [2.75, 3.05) is 48.8 Å². The Labute approximate surface area is 224 Å². The van der Waals surface area contributed by atoms with Crippen LogP contribution >= 0.6 is 0 Å². The summed E-state index contributed by atoms with van der Waals surface area (Å²) in [5.74, 6) is 1.37. The number of anilines is 3. The summed E-state index contributed by atoms with van der Waals surface area (Å²) < 4.78 is 12.3. The van der Waals surface area contributed by atoms with Gasteiger partial charge in [-0.25, -0.2) is 0 Å². The zero-order chi connectivity index (χ0) is 27.4. The molecule has 0 unspecified atom stereocenters. The summed E-state index contributed by atoms with van der Waals surface area (Å²) >= 11 is 0. The largest absolute Gasteiger partial charge is 0.496 e. The van der Waals surface area contributed by atoms with E-state index in [1.54, 1.807) is 7.11 Å². The third kappa shape index (κ3) is 5.28. The average molecular weight is 516 g/mol. The number of ether oxygens (including phenoxy) is 2. The maximum atomic E-state index is 11.2. The van der Waals surface area contributed by atoms with Gasteiger partial charge in [-0.3, -0.25) is 4.79 Å². The van der Waals surface area contributed by atoms with Gasteiger partial charge in [-0.1, -0.05) is 18.7 Å². The maximum Gasteiger partial charge on any atom is 0.303 e. The summed E-state index contributed by atoms with van der Waals surface area (Å²) in [6.07, 6.45) is 0.699. The number of nitrogen functional groups attached to an aromatic ring is 1. The molecule has 0 amide bonds. The van der Waals surface area contributed by atoms with E-state index >= 15 is 0 Å². The number of fused-ring (bicyclic) bond motifs is 2. The van der Waals surface area contributed by atoms with Crippen LogP contribution in [0.4, 0.5) is 17.1 Å². The summed E-state index contributed by atoms with van der Waals surface area (Å²) in [6, 6.07) is 16.0. The molecule has 7 heteroatoms. The number of nitrogens with two attached hydrogens (primary N) is 1. The number of carboxylic acids is 1. The molecule has 0 aromatic heterocycles. The second-order valence-corrected chi connectivity index (χ2v) is 9.35. The highest BCUT2D eigenvalue weighted by Crippen LogP contribution is 2.44. The molecule has 0 saturated carbocycles. The zero-order valence-electron chi connectivity index (χ0n) is 22.7. The Balaban J connectivity index is 2.00. The highest BCUT2D eigenvalue weighted by atomic mass is 16.5. The van der Waals surface area contributed by atoms with E-state index in [2.05, 4.69) is 49.3 Å². The predicted molar refractivity (Wildman–Crippen MR) is 155 cm³/mol. The molecule has 7 nitrogen and oxygen atoms in total. The Hall–Kier alpha value is -4.13. The number of benzene rings is 3. The summed E-state index contributed by atoms with van der Waals surface area (Å²) in [6.45, 7) is 13.5. The van der Waals surface area contributed by atoms with E-state index in [0.29, 0.717) is 24.4 Å². The van der Waals surface area contributed by atoms with E-state index in [0.717, 1.165) is 69.6 Å². The SMILES string of the molecule is C=c1ccc2c(c1)Oc1cc(N)ccc1C=2c1cc(N(CC)CC)c(N(CC)CCCC(=O)O)cc1OC. The average Bonchev–Trinajstić information content (AvgIpc) is 2.90. The van der Waals surface area contributed by atoms with Crippen LogP contribution < -0.4 is 35.4 Å². The lowest BCUT2D eigenvalue weighted by Gasteiger charge is -2.33. The molecule has 1 aliphatic heterocycles. The van der Waals surface area contributed by atoms with Crippen molar-refractivity contribution in [3.05, 3.63) is 70.1 Å². The van der Waals surface area contributed by atoms with Crippen LogP contribution in [0.2, 0.25) is 0 Å². The van der Waals surface area contributed by atoms with Crippen molar-refractivity contribution in [2.45, 2.75) is 33.6 Å². The quantitative estimate of drug-likeness (QED) is 0.283. The van der Waals surface area contributed by atoms with Gasteiger partial charge in [0.1, 0.15) is 17.2 Å². The Morgan fingerprint density at radius 1 is 0.947 bits per heavy atom. The lowest BCUT2D eigenvalue weighted by atomic mass is 9.91.